The molecule has 5 nitrogen and oxygen atoms in total. The fraction of sp³-hybridized carbons (Fsp3) is 0.214. The number of para-hydroxylation sites is 1. The third-order valence-corrected chi connectivity index (χ3v) is 2.98. The Kier molecular flexibility index (Phi) is 3.87. The maximum absolute atomic E-state index is 11.2. The standard InChI is InChI=1S/C14H15NO4/c16-8-6-11(10-3-1-2-4-12(10)17)15-7-5-13(18)14(19)9-15/h1-5,7,9,11,16-17,19H,6,8H2. The summed E-state index contributed by atoms with van der Waals surface area (Å²) in [6, 6.07) is 7.68. The first-order chi connectivity index (χ1) is 9.13. The van der Waals surface area contributed by atoms with E-state index in [4.69, 9.17) is 5.11 Å². The molecular formula is C14H15NO4. The molecule has 0 saturated heterocycles. The van der Waals surface area contributed by atoms with Gasteiger partial charge >= 0.3 is 0 Å². The van der Waals surface area contributed by atoms with E-state index >= 15 is 0 Å². The van der Waals surface area contributed by atoms with E-state index in [9.17, 15) is 15.0 Å². The van der Waals surface area contributed by atoms with Crippen LogP contribution in [0.2, 0.25) is 0 Å². The average molecular weight is 261 g/mol. The minimum absolute atomic E-state index is 0.0775. The van der Waals surface area contributed by atoms with Crippen LogP contribution < -0.4 is 5.43 Å². The van der Waals surface area contributed by atoms with Gasteiger partial charge < -0.3 is 19.9 Å². The molecule has 0 aliphatic heterocycles. The first-order valence-electron chi connectivity index (χ1n) is 5.93. The molecule has 1 unspecified atom stereocenters. The van der Waals surface area contributed by atoms with Crippen molar-refractivity contribution < 1.29 is 15.3 Å². The van der Waals surface area contributed by atoms with Gasteiger partial charge in [0.15, 0.2) is 5.75 Å². The summed E-state index contributed by atoms with van der Waals surface area (Å²) in [7, 11) is 0. The normalized spacial score (nSPS) is 12.3. The highest BCUT2D eigenvalue weighted by molar-refractivity contribution is 5.35. The van der Waals surface area contributed by atoms with Gasteiger partial charge in [-0.2, -0.15) is 0 Å². The summed E-state index contributed by atoms with van der Waals surface area (Å²) < 4.78 is 1.60. The zero-order chi connectivity index (χ0) is 13.8. The fourth-order valence-corrected chi connectivity index (χ4v) is 2.04. The number of phenols is 1. The van der Waals surface area contributed by atoms with Crippen molar-refractivity contribution in [3.63, 3.8) is 0 Å². The van der Waals surface area contributed by atoms with E-state index in [0.717, 1.165) is 0 Å². The van der Waals surface area contributed by atoms with Gasteiger partial charge in [-0.25, -0.2) is 0 Å². The van der Waals surface area contributed by atoms with Crippen molar-refractivity contribution >= 4 is 0 Å². The molecule has 5 heteroatoms. The Labute approximate surface area is 110 Å². The van der Waals surface area contributed by atoms with Crippen LogP contribution in [0.1, 0.15) is 18.0 Å². The van der Waals surface area contributed by atoms with E-state index in [2.05, 4.69) is 0 Å². The Morgan fingerprint density at radius 1 is 1.11 bits per heavy atom. The maximum Gasteiger partial charge on any atom is 0.223 e. The zero-order valence-corrected chi connectivity index (χ0v) is 10.2. The van der Waals surface area contributed by atoms with Crippen molar-refractivity contribution in [2.75, 3.05) is 6.61 Å². The molecule has 0 fully saturated rings. The van der Waals surface area contributed by atoms with Gasteiger partial charge in [0.05, 0.1) is 12.2 Å². The summed E-state index contributed by atoms with van der Waals surface area (Å²) in [5.41, 5.74) is 0.163. The van der Waals surface area contributed by atoms with Crippen LogP contribution >= 0.6 is 0 Å². The van der Waals surface area contributed by atoms with Crippen LogP contribution in [0.4, 0.5) is 0 Å². The molecule has 0 amide bonds. The maximum atomic E-state index is 11.2. The molecule has 0 aliphatic carbocycles. The zero-order valence-electron chi connectivity index (χ0n) is 10.2. The van der Waals surface area contributed by atoms with Gasteiger partial charge in [-0.1, -0.05) is 18.2 Å². The third-order valence-electron chi connectivity index (χ3n) is 2.98. The van der Waals surface area contributed by atoms with Gasteiger partial charge in [0.25, 0.3) is 0 Å². The lowest BCUT2D eigenvalue weighted by atomic mass is 10.0. The highest BCUT2D eigenvalue weighted by Crippen LogP contribution is 2.29. The second-order valence-corrected chi connectivity index (χ2v) is 4.23. The Bertz CT molecular complexity index is 621. The summed E-state index contributed by atoms with van der Waals surface area (Å²) in [4.78, 5) is 11.2. The van der Waals surface area contributed by atoms with Gasteiger partial charge in [0, 0.05) is 24.4 Å². The van der Waals surface area contributed by atoms with E-state index in [1.165, 1.54) is 18.5 Å². The molecule has 2 rings (SSSR count). The number of hydrogen-bond donors (Lipinski definition) is 3. The van der Waals surface area contributed by atoms with Crippen LogP contribution in [0.15, 0.2) is 47.5 Å². The van der Waals surface area contributed by atoms with E-state index in [1.54, 1.807) is 28.8 Å². The predicted molar refractivity (Wildman–Crippen MR) is 70.3 cm³/mol. The van der Waals surface area contributed by atoms with E-state index in [1.807, 2.05) is 0 Å². The number of benzene rings is 1. The molecule has 3 N–H and O–H groups in total. The summed E-state index contributed by atoms with van der Waals surface area (Å²) in [6.45, 7) is -0.0775. The van der Waals surface area contributed by atoms with Gasteiger partial charge in [-0.15, -0.1) is 0 Å². The molecule has 0 spiro atoms. The van der Waals surface area contributed by atoms with Crippen LogP contribution in [0.5, 0.6) is 11.5 Å². The van der Waals surface area contributed by atoms with Crippen molar-refractivity contribution in [1.29, 1.82) is 0 Å². The van der Waals surface area contributed by atoms with E-state index < -0.39 is 5.43 Å². The molecule has 0 bridgehead atoms. The number of aromatic hydroxyl groups is 2. The molecule has 1 aromatic carbocycles. The second-order valence-electron chi connectivity index (χ2n) is 4.23. The number of aromatic nitrogens is 1. The first-order valence-corrected chi connectivity index (χ1v) is 5.93. The number of aliphatic hydroxyl groups is 1. The number of phenolic OH excluding ortho intramolecular Hbond substituents is 1. The Morgan fingerprint density at radius 2 is 1.84 bits per heavy atom. The van der Waals surface area contributed by atoms with Gasteiger partial charge in [-0.3, -0.25) is 4.79 Å². The van der Waals surface area contributed by atoms with Crippen molar-refractivity contribution in [3.05, 3.63) is 58.5 Å². The molecule has 0 aliphatic rings. The van der Waals surface area contributed by atoms with Crippen LogP contribution in [0.3, 0.4) is 0 Å². The second kappa shape index (κ2) is 5.58. The van der Waals surface area contributed by atoms with E-state index in [0.29, 0.717) is 12.0 Å². The van der Waals surface area contributed by atoms with Gasteiger partial charge in [0.1, 0.15) is 5.75 Å². The molecule has 1 aromatic heterocycles. The van der Waals surface area contributed by atoms with E-state index in [-0.39, 0.29) is 24.1 Å². The molecule has 1 heterocycles. The molecule has 0 radical (unpaired) electrons. The summed E-state index contributed by atoms with van der Waals surface area (Å²) in [6.07, 6.45) is 3.18. The predicted octanol–water partition coefficient (Wildman–Crippen LogP) is 1.23. The number of hydrogen-bond acceptors (Lipinski definition) is 4. The number of aliphatic hydroxyl groups excluding tert-OH is 1. The van der Waals surface area contributed by atoms with Gasteiger partial charge in [0.2, 0.25) is 5.43 Å². The Balaban J connectivity index is 2.48. The summed E-state index contributed by atoms with van der Waals surface area (Å²) in [5.74, 6) is -0.250. The SMILES string of the molecule is O=c1ccn(C(CCO)c2ccccc2O)cc1O. The highest BCUT2D eigenvalue weighted by Gasteiger charge is 2.16. The summed E-state index contributed by atoms with van der Waals surface area (Å²) in [5, 5.41) is 28.5. The molecule has 19 heavy (non-hydrogen) atoms. The minimum atomic E-state index is -0.462. The Morgan fingerprint density at radius 3 is 2.47 bits per heavy atom. The molecule has 0 saturated carbocycles. The van der Waals surface area contributed by atoms with Crippen molar-refractivity contribution in [2.45, 2.75) is 12.5 Å². The minimum Gasteiger partial charge on any atom is -0.508 e. The quantitative estimate of drug-likeness (QED) is 0.773. The Hall–Kier alpha value is -2.27. The van der Waals surface area contributed by atoms with Crippen molar-refractivity contribution in [1.82, 2.24) is 4.57 Å². The van der Waals surface area contributed by atoms with Crippen molar-refractivity contribution in [2.24, 2.45) is 0 Å². The third kappa shape index (κ3) is 2.77. The number of rotatable bonds is 4. The van der Waals surface area contributed by atoms with Crippen LogP contribution in [0, 0.1) is 0 Å². The summed E-state index contributed by atoms with van der Waals surface area (Å²) >= 11 is 0. The molecule has 100 valence electrons. The highest BCUT2D eigenvalue weighted by atomic mass is 16.3. The largest absolute Gasteiger partial charge is 0.508 e. The topological polar surface area (TPSA) is 82.7 Å². The van der Waals surface area contributed by atoms with Crippen LogP contribution in [-0.2, 0) is 0 Å². The van der Waals surface area contributed by atoms with Gasteiger partial charge in [-0.05, 0) is 12.5 Å². The molecular weight excluding hydrogens is 246 g/mol. The average Bonchev–Trinajstić information content (AvgIpc) is 2.40. The monoisotopic (exact) mass is 261 g/mol. The first kappa shape index (κ1) is 13.2. The number of nitrogens with zero attached hydrogens (tertiary/aromatic N) is 1. The van der Waals surface area contributed by atoms with Crippen LogP contribution in [-0.4, -0.2) is 26.5 Å². The lowest BCUT2D eigenvalue weighted by Crippen LogP contribution is -2.14. The lowest BCUT2D eigenvalue weighted by Gasteiger charge is -2.21. The molecule has 2 aromatic rings. The fourth-order valence-electron chi connectivity index (χ4n) is 2.04. The lowest BCUT2D eigenvalue weighted by molar-refractivity contribution is 0.265. The molecule has 1 atom stereocenters. The smallest absolute Gasteiger partial charge is 0.223 e. The van der Waals surface area contributed by atoms with Crippen LogP contribution in [0.25, 0.3) is 0 Å². The van der Waals surface area contributed by atoms with Crippen molar-refractivity contribution in [3.8, 4) is 11.5 Å². The number of pyridine rings is 1.